The van der Waals surface area contributed by atoms with Gasteiger partial charge in [-0.3, -0.25) is 0 Å². The van der Waals surface area contributed by atoms with E-state index in [1.807, 2.05) is 26.0 Å². The molecule has 0 heterocycles. The number of aldehydes is 1. The predicted molar refractivity (Wildman–Crippen MR) is 121 cm³/mol. The number of guanidine groups is 1. The van der Waals surface area contributed by atoms with Gasteiger partial charge in [-0.05, 0) is 30.5 Å². The molecule has 2 N–H and O–H groups in total. The van der Waals surface area contributed by atoms with Gasteiger partial charge in [0.25, 0.3) is 0 Å². The maximum atomic E-state index is 14.1. The van der Waals surface area contributed by atoms with Gasteiger partial charge in [0.2, 0.25) is 0 Å². The Labute approximate surface area is 175 Å². The summed E-state index contributed by atoms with van der Waals surface area (Å²) in [6.45, 7) is 6.99. The van der Waals surface area contributed by atoms with E-state index in [4.69, 9.17) is 13.6 Å². The van der Waals surface area contributed by atoms with Gasteiger partial charge in [-0.15, -0.1) is 0 Å². The Morgan fingerprint density at radius 3 is 2.17 bits per heavy atom. The van der Waals surface area contributed by atoms with Gasteiger partial charge in [0.15, 0.2) is 5.96 Å². The summed E-state index contributed by atoms with van der Waals surface area (Å²) >= 11 is 0. The van der Waals surface area contributed by atoms with Crippen molar-refractivity contribution < 1.29 is 9.18 Å². The zero-order valence-electron chi connectivity index (χ0n) is 18.2. The first-order valence-corrected chi connectivity index (χ1v) is 9.74. The molecule has 0 saturated carbocycles. The fourth-order valence-electron chi connectivity index (χ4n) is 2.80. The molecule has 0 bridgehead atoms. The number of alkyl halides is 1. The van der Waals surface area contributed by atoms with Gasteiger partial charge >= 0.3 is 0 Å². The van der Waals surface area contributed by atoms with E-state index in [9.17, 15) is 9.18 Å². The third-order valence-electron chi connectivity index (χ3n) is 4.45. The van der Waals surface area contributed by atoms with Crippen LogP contribution in [0, 0.1) is 0 Å². The molecule has 0 aliphatic rings. The second-order valence-corrected chi connectivity index (χ2v) is 7.25. The second-order valence-electron chi connectivity index (χ2n) is 7.25. The standard InChI is InChI=1S/C21H25BFN3O.C2H6/c1-21(2,23)16-10-8-14(9-11-16)18(13-27)19(25-20(24)26(3)4)15-6-5-7-17(22)12-15;1-2/h5-13,18-19H,1-4H3,(H2,24,25);1-2H3. The SMILES string of the molecule is CC.[B]c1cccc(C(N=C(N)N(C)C)C(C=O)c2ccc(C(C)(C)F)cc2)c1. The Morgan fingerprint density at radius 2 is 1.72 bits per heavy atom. The molecular formula is C23H31BFN3O. The monoisotopic (exact) mass is 395 g/mol. The summed E-state index contributed by atoms with van der Waals surface area (Å²) in [6.07, 6.45) is 0.843. The van der Waals surface area contributed by atoms with Crippen LogP contribution in [0.4, 0.5) is 4.39 Å². The summed E-state index contributed by atoms with van der Waals surface area (Å²) in [7, 11) is 9.48. The normalized spacial score (nSPS) is 13.7. The number of carbonyl (C=O) groups excluding carboxylic acids is 1. The fraction of sp³-hybridized carbons (Fsp3) is 0.391. The molecule has 2 unspecified atom stereocenters. The van der Waals surface area contributed by atoms with Crippen LogP contribution in [0.5, 0.6) is 0 Å². The lowest BCUT2D eigenvalue weighted by atomic mass is 9.84. The Morgan fingerprint density at radius 1 is 1.14 bits per heavy atom. The Hall–Kier alpha value is -2.63. The summed E-state index contributed by atoms with van der Waals surface area (Å²) in [4.78, 5) is 18.3. The maximum Gasteiger partial charge on any atom is 0.191 e. The molecule has 2 radical (unpaired) electrons. The van der Waals surface area contributed by atoms with Crippen LogP contribution in [-0.2, 0) is 10.5 Å². The highest BCUT2D eigenvalue weighted by atomic mass is 19.1. The van der Waals surface area contributed by atoms with Crippen LogP contribution in [0.1, 0.15) is 56.3 Å². The number of rotatable bonds is 6. The van der Waals surface area contributed by atoms with Crippen molar-refractivity contribution in [3.05, 3.63) is 65.2 Å². The van der Waals surface area contributed by atoms with Crippen LogP contribution in [0.15, 0.2) is 53.5 Å². The molecule has 0 spiro atoms. The van der Waals surface area contributed by atoms with Crippen LogP contribution in [0.2, 0.25) is 0 Å². The summed E-state index contributed by atoms with van der Waals surface area (Å²) in [5, 5.41) is 0. The van der Waals surface area contributed by atoms with Gasteiger partial charge in [0.1, 0.15) is 19.8 Å². The summed E-state index contributed by atoms with van der Waals surface area (Å²) in [6, 6.07) is 13.6. The molecule has 4 nitrogen and oxygen atoms in total. The van der Waals surface area contributed by atoms with Crippen molar-refractivity contribution in [1.29, 1.82) is 0 Å². The summed E-state index contributed by atoms with van der Waals surface area (Å²) in [5.41, 5.74) is 7.22. The number of benzene rings is 2. The van der Waals surface area contributed by atoms with Crippen LogP contribution in [-0.4, -0.2) is 39.1 Å². The van der Waals surface area contributed by atoms with Crippen molar-refractivity contribution in [3.8, 4) is 0 Å². The molecule has 2 aromatic rings. The zero-order valence-corrected chi connectivity index (χ0v) is 18.2. The van der Waals surface area contributed by atoms with Crippen LogP contribution in [0.25, 0.3) is 0 Å². The molecule has 2 aromatic carbocycles. The first kappa shape index (κ1) is 24.4. The smallest absolute Gasteiger partial charge is 0.191 e. The van der Waals surface area contributed by atoms with Crippen LogP contribution < -0.4 is 11.2 Å². The Bertz CT molecular complexity index is 814. The van der Waals surface area contributed by atoms with Crippen LogP contribution >= 0.6 is 0 Å². The topological polar surface area (TPSA) is 58.7 Å². The van der Waals surface area contributed by atoms with E-state index >= 15 is 0 Å². The van der Waals surface area contributed by atoms with Crippen molar-refractivity contribution >= 4 is 25.6 Å². The number of nitrogens with two attached hydrogens (primary N) is 1. The van der Waals surface area contributed by atoms with Crippen molar-refractivity contribution in [2.45, 2.75) is 45.3 Å². The van der Waals surface area contributed by atoms with Gasteiger partial charge in [-0.25, -0.2) is 9.38 Å². The molecule has 2 atom stereocenters. The molecule has 154 valence electrons. The number of nitrogens with zero attached hydrogens (tertiary/aromatic N) is 2. The largest absolute Gasteiger partial charge is 0.370 e. The van der Waals surface area contributed by atoms with E-state index in [2.05, 4.69) is 4.99 Å². The average Bonchev–Trinajstić information content (AvgIpc) is 2.68. The third kappa shape index (κ3) is 6.73. The zero-order chi connectivity index (χ0) is 22.2. The molecule has 0 aromatic heterocycles. The lowest BCUT2D eigenvalue weighted by molar-refractivity contribution is -0.109. The molecule has 0 amide bonds. The number of carbonyl (C=O) groups is 1. The van der Waals surface area contributed by atoms with E-state index in [0.29, 0.717) is 17.0 Å². The van der Waals surface area contributed by atoms with E-state index in [-0.39, 0.29) is 0 Å². The number of hydrogen-bond acceptors (Lipinski definition) is 2. The molecular weight excluding hydrogens is 364 g/mol. The highest BCUT2D eigenvalue weighted by Gasteiger charge is 2.26. The average molecular weight is 395 g/mol. The minimum Gasteiger partial charge on any atom is -0.370 e. The van der Waals surface area contributed by atoms with Crippen LogP contribution in [0.3, 0.4) is 0 Å². The van der Waals surface area contributed by atoms with E-state index in [1.54, 1.807) is 55.4 Å². The highest BCUT2D eigenvalue weighted by Crippen LogP contribution is 2.34. The molecule has 6 heteroatoms. The highest BCUT2D eigenvalue weighted by molar-refractivity contribution is 6.32. The van der Waals surface area contributed by atoms with E-state index < -0.39 is 17.6 Å². The minimum absolute atomic E-state index is 0.302. The number of hydrogen-bond donors (Lipinski definition) is 1. The van der Waals surface area contributed by atoms with Gasteiger partial charge < -0.3 is 15.4 Å². The molecule has 0 aliphatic carbocycles. The molecule has 29 heavy (non-hydrogen) atoms. The van der Waals surface area contributed by atoms with Crippen molar-refractivity contribution in [2.24, 2.45) is 10.7 Å². The number of halogens is 1. The molecule has 0 fully saturated rings. The second kappa shape index (κ2) is 10.8. The Balaban J connectivity index is 0.00000204. The lowest BCUT2D eigenvalue weighted by Crippen LogP contribution is -2.31. The van der Waals surface area contributed by atoms with E-state index in [1.165, 1.54) is 13.8 Å². The maximum absolute atomic E-state index is 14.1. The summed E-state index contributed by atoms with van der Waals surface area (Å²) < 4.78 is 14.1. The van der Waals surface area contributed by atoms with Crippen molar-refractivity contribution in [3.63, 3.8) is 0 Å². The minimum atomic E-state index is -1.45. The van der Waals surface area contributed by atoms with Crippen molar-refractivity contribution in [2.75, 3.05) is 14.1 Å². The van der Waals surface area contributed by atoms with Gasteiger partial charge in [-0.1, -0.05) is 67.8 Å². The Kier molecular flexibility index (Phi) is 9.09. The van der Waals surface area contributed by atoms with Gasteiger partial charge in [0.05, 0.1) is 12.0 Å². The first-order chi connectivity index (χ1) is 13.6. The van der Waals surface area contributed by atoms with E-state index in [0.717, 1.165) is 17.4 Å². The van der Waals surface area contributed by atoms with Crippen molar-refractivity contribution in [1.82, 2.24) is 4.90 Å². The third-order valence-corrected chi connectivity index (χ3v) is 4.45. The molecule has 2 rings (SSSR count). The molecule has 0 saturated heterocycles. The first-order valence-electron chi connectivity index (χ1n) is 9.74. The summed E-state index contributed by atoms with van der Waals surface area (Å²) in [5.74, 6) is -0.280. The quantitative estimate of drug-likeness (QED) is 0.352. The van der Waals surface area contributed by atoms with Gasteiger partial charge in [0, 0.05) is 14.1 Å². The predicted octanol–water partition coefficient (Wildman–Crippen LogP) is 3.61. The molecule has 0 aliphatic heterocycles. The number of aliphatic imine (C=N–C) groups is 1. The van der Waals surface area contributed by atoms with Gasteiger partial charge in [-0.2, -0.15) is 0 Å². The lowest BCUT2D eigenvalue weighted by Gasteiger charge is -2.24. The fourth-order valence-corrected chi connectivity index (χ4v) is 2.80.